The van der Waals surface area contributed by atoms with E-state index in [1.807, 2.05) is 24.5 Å². The second kappa shape index (κ2) is 4.93. The summed E-state index contributed by atoms with van der Waals surface area (Å²) in [5, 5.41) is 1.04. The third-order valence-corrected chi connectivity index (χ3v) is 5.91. The Morgan fingerprint density at radius 1 is 0.679 bits per heavy atom. The first-order valence-corrected chi connectivity index (χ1v) is 9.44. The molecule has 4 heteroatoms. The molecule has 0 saturated carbocycles. The van der Waals surface area contributed by atoms with E-state index in [2.05, 4.69) is 62.9 Å². The van der Waals surface area contributed by atoms with Gasteiger partial charge in [0.05, 0.1) is 22.1 Å². The van der Waals surface area contributed by atoms with Gasteiger partial charge in [-0.15, -0.1) is 0 Å². The topological polar surface area (TPSA) is 43.1 Å². The Morgan fingerprint density at radius 2 is 1.50 bits per heavy atom. The van der Waals surface area contributed by atoms with Crippen LogP contribution >= 0.6 is 0 Å². The Balaban J connectivity index is 1.72. The van der Waals surface area contributed by atoms with Crippen LogP contribution in [-0.4, -0.2) is 19.4 Å². The highest BCUT2D eigenvalue weighted by atomic mass is 15.0. The van der Waals surface area contributed by atoms with Gasteiger partial charge in [-0.1, -0.05) is 30.3 Å². The molecule has 130 valence electrons. The van der Waals surface area contributed by atoms with Crippen LogP contribution in [0.4, 0.5) is 0 Å². The lowest BCUT2D eigenvalue weighted by Gasteiger charge is -2.07. The van der Waals surface area contributed by atoms with Crippen LogP contribution in [0.5, 0.6) is 0 Å². The van der Waals surface area contributed by atoms with E-state index in [0.717, 1.165) is 45.0 Å². The highest BCUT2D eigenvalue weighted by Gasteiger charge is 2.23. The van der Waals surface area contributed by atoms with Crippen LogP contribution in [0, 0.1) is 0 Å². The van der Waals surface area contributed by atoms with Crippen LogP contribution in [0.25, 0.3) is 49.7 Å². The van der Waals surface area contributed by atoms with Crippen LogP contribution in [0.3, 0.4) is 0 Å². The number of hydrogen-bond acceptors (Lipinski definition) is 3. The van der Waals surface area contributed by atoms with Gasteiger partial charge in [-0.25, -0.2) is 4.98 Å². The molecule has 1 aliphatic carbocycles. The van der Waals surface area contributed by atoms with Crippen LogP contribution < -0.4 is 0 Å². The average molecular weight is 358 g/mol. The van der Waals surface area contributed by atoms with Crippen molar-refractivity contribution in [1.82, 2.24) is 19.4 Å². The molecular formula is C24H14N4. The minimum absolute atomic E-state index is 0.897. The smallest absolute Gasteiger partial charge is 0.165 e. The van der Waals surface area contributed by atoms with Gasteiger partial charge in [-0.3, -0.25) is 14.4 Å². The number of aromatic nitrogens is 4. The minimum Gasteiger partial charge on any atom is -0.289 e. The highest BCUT2D eigenvalue weighted by molar-refractivity contribution is 6.11. The number of nitrogens with zero attached hydrogens (tertiary/aromatic N) is 4. The molecule has 4 heterocycles. The normalized spacial score (nSPS) is 12.9. The van der Waals surface area contributed by atoms with Crippen molar-refractivity contribution in [2.24, 2.45) is 0 Å². The van der Waals surface area contributed by atoms with E-state index >= 15 is 0 Å². The molecule has 28 heavy (non-hydrogen) atoms. The van der Waals surface area contributed by atoms with Gasteiger partial charge >= 0.3 is 0 Å². The molecule has 0 N–H and O–H groups in total. The molecule has 1 aliphatic rings. The first-order chi connectivity index (χ1) is 13.9. The Kier molecular flexibility index (Phi) is 2.51. The van der Waals surface area contributed by atoms with Gasteiger partial charge in [0.2, 0.25) is 0 Å². The highest BCUT2D eigenvalue weighted by Crippen LogP contribution is 2.41. The fraction of sp³-hybridized carbons (Fsp3) is 0.0417. The summed E-state index contributed by atoms with van der Waals surface area (Å²) >= 11 is 0. The number of fused-ring (bicyclic) bond motifs is 12. The van der Waals surface area contributed by atoms with Crippen molar-refractivity contribution in [3.05, 3.63) is 84.2 Å². The van der Waals surface area contributed by atoms with Crippen molar-refractivity contribution in [3.8, 4) is 11.1 Å². The van der Waals surface area contributed by atoms with E-state index < -0.39 is 0 Å². The van der Waals surface area contributed by atoms with Crippen LogP contribution in [0.2, 0.25) is 0 Å². The summed E-state index contributed by atoms with van der Waals surface area (Å²) < 4.78 is 2.22. The quantitative estimate of drug-likeness (QED) is 0.352. The van der Waals surface area contributed by atoms with Crippen LogP contribution in [0.1, 0.15) is 11.1 Å². The summed E-state index contributed by atoms with van der Waals surface area (Å²) in [6.45, 7) is 0. The molecular weight excluding hydrogens is 344 g/mol. The molecule has 0 aliphatic heterocycles. The average Bonchev–Trinajstić information content (AvgIpc) is 3.33. The maximum absolute atomic E-state index is 5.12. The zero-order valence-electron chi connectivity index (χ0n) is 14.9. The van der Waals surface area contributed by atoms with Crippen LogP contribution in [0.15, 0.2) is 73.1 Å². The number of hydrogen-bond donors (Lipinski definition) is 0. The predicted octanol–water partition coefficient (Wildman–Crippen LogP) is 5.16. The standard InChI is InChI=1S/C24H14N4/c1-2-6-15-14(5-1)13-18-16(15)9-10-20-22(18)27-24-23-17(7-3-11-26-23)21-19(28(20)24)8-4-12-25-21/h1-12H,13H2. The molecule has 0 spiro atoms. The monoisotopic (exact) mass is 358 g/mol. The molecule has 7 rings (SSSR count). The van der Waals surface area contributed by atoms with Crippen molar-refractivity contribution >= 4 is 38.6 Å². The van der Waals surface area contributed by atoms with Gasteiger partial charge in [0.15, 0.2) is 5.65 Å². The van der Waals surface area contributed by atoms with Crippen molar-refractivity contribution < 1.29 is 0 Å². The molecule has 0 bridgehead atoms. The largest absolute Gasteiger partial charge is 0.289 e. The Morgan fingerprint density at radius 3 is 2.46 bits per heavy atom. The van der Waals surface area contributed by atoms with Crippen molar-refractivity contribution in [1.29, 1.82) is 0 Å². The maximum Gasteiger partial charge on any atom is 0.165 e. The second-order valence-electron chi connectivity index (χ2n) is 7.33. The molecule has 0 amide bonds. The van der Waals surface area contributed by atoms with E-state index in [9.17, 15) is 0 Å². The van der Waals surface area contributed by atoms with E-state index in [4.69, 9.17) is 4.98 Å². The van der Waals surface area contributed by atoms with Crippen LogP contribution in [-0.2, 0) is 6.42 Å². The second-order valence-corrected chi connectivity index (χ2v) is 7.33. The molecule has 0 radical (unpaired) electrons. The Bertz CT molecular complexity index is 1590. The van der Waals surface area contributed by atoms with Gasteiger partial charge in [0.1, 0.15) is 5.52 Å². The van der Waals surface area contributed by atoms with E-state index in [1.54, 1.807) is 0 Å². The van der Waals surface area contributed by atoms with Crippen molar-refractivity contribution in [3.63, 3.8) is 0 Å². The summed E-state index contributed by atoms with van der Waals surface area (Å²) in [5.74, 6) is 0. The number of rotatable bonds is 0. The summed E-state index contributed by atoms with van der Waals surface area (Å²) in [6.07, 6.45) is 4.60. The maximum atomic E-state index is 5.12. The van der Waals surface area contributed by atoms with E-state index in [0.29, 0.717) is 0 Å². The van der Waals surface area contributed by atoms with E-state index in [1.165, 1.54) is 22.3 Å². The molecule has 0 fully saturated rings. The zero-order chi connectivity index (χ0) is 18.2. The summed E-state index contributed by atoms with van der Waals surface area (Å²) in [7, 11) is 0. The summed E-state index contributed by atoms with van der Waals surface area (Å²) in [5.41, 5.74) is 11.3. The minimum atomic E-state index is 0.897. The van der Waals surface area contributed by atoms with Gasteiger partial charge < -0.3 is 0 Å². The fourth-order valence-electron chi connectivity index (χ4n) is 4.72. The predicted molar refractivity (Wildman–Crippen MR) is 112 cm³/mol. The SMILES string of the molecule is c1ccc2c(c1)Cc1c-2ccc2c1nc1c3ncccc3c3ncccc3n21. The third kappa shape index (κ3) is 1.63. The lowest BCUT2D eigenvalue weighted by molar-refractivity contribution is 1.26. The van der Waals surface area contributed by atoms with Gasteiger partial charge in [0, 0.05) is 24.2 Å². The van der Waals surface area contributed by atoms with Crippen molar-refractivity contribution in [2.45, 2.75) is 6.42 Å². The first-order valence-electron chi connectivity index (χ1n) is 9.44. The molecule has 2 aromatic carbocycles. The number of benzene rings is 2. The molecule has 0 unspecified atom stereocenters. The van der Waals surface area contributed by atoms with Crippen molar-refractivity contribution in [2.75, 3.05) is 0 Å². The molecule has 6 aromatic rings. The van der Waals surface area contributed by atoms with Gasteiger partial charge in [-0.2, -0.15) is 0 Å². The lowest BCUT2D eigenvalue weighted by Crippen LogP contribution is -1.94. The number of pyridine rings is 3. The lowest BCUT2D eigenvalue weighted by atomic mass is 10.1. The summed E-state index contributed by atoms with van der Waals surface area (Å²) in [6, 6.07) is 21.2. The Labute approximate surface area is 160 Å². The molecule has 0 atom stereocenters. The third-order valence-electron chi connectivity index (χ3n) is 5.91. The van der Waals surface area contributed by atoms with E-state index in [-0.39, 0.29) is 0 Å². The first kappa shape index (κ1) is 14.3. The molecule has 0 saturated heterocycles. The Hall–Kier alpha value is -3.79. The molecule has 4 aromatic heterocycles. The summed E-state index contributed by atoms with van der Waals surface area (Å²) in [4.78, 5) is 14.4. The fourth-order valence-corrected chi connectivity index (χ4v) is 4.72. The zero-order valence-corrected chi connectivity index (χ0v) is 14.9. The van der Waals surface area contributed by atoms with Gasteiger partial charge in [-0.05, 0) is 52.6 Å². The van der Waals surface area contributed by atoms with Gasteiger partial charge in [0.25, 0.3) is 0 Å². The molecule has 4 nitrogen and oxygen atoms in total. The number of imidazole rings is 1.